The van der Waals surface area contributed by atoms with Gasteiger partial charge in [0, 0.05) is 31.7 Å². The zero-order chi connectivity index (χ0) is 12.5. The van der Waals surface area contributed by atoms with E-state index in [-0.39, 0.29) is 11.9 Å². The van der Waals surface area contributed by atoms with Crippen LogP contribution < -0.4 is 10.6 Å². The van der Waals surface area contributed by atoms with Gasteiger partial charge in [-0.1, -0.05) is 6.92 Å². The highest BCUT2D eigenvalue weighted by atomic mass is 16.2. The zero-order valence-corrected chi connectivity index (χ0v) is 10.8. The molecule has 0 saturated carbocycles. The number of hydrogen-bond acceptors (Lipinski definition) is 3. The summed E-state index contributed by atoms with van der Waals surface area (Å²) in [7, 11) is 0. The molecule has 2 aliphatic rings. The maximum atomic E-state index is 12.0. The number of nitrogens with one attached hydrogen (secondary N) is 2. The zero-order valence-electron chi connectivity index (χ0n) is 10.8. The summed E-state index contributed by atoms with van der Waals surface area (Å²) in [5.41, 5.74) is 2.23. The predicted octanol–water partition coefficient (Wildman–Crippen LogP) is 0.542. The largest absolute Gasteiger partial charge is 0.353 e. The molecule has 0 spiro atoms. The van der Waals surface area contributed by atoms with Gasteiger partial charge in [0.1, 0.15) is 11.9 Å². The van der Waals surface area contributed by atoms with Gasteiger partial charge in [0.25, 0.3) is 0 Å². The van der Waals surface area contributed by atoms with Crippen LogP contribution in [0.1, 0.15) is 43.0 Å². The third kappa shape index (κ3) is 1.82. The van der Waals surface area contributed by atoms with Crippen molar-refractivity contribution in [2.24, 2.45) is 0 Å². The number of aromatic nitrogens is 2. The van der Waals surface area contributed by atoms with Gasteiger partial charge in [0.2, 0.25) is 5.91 Å². The van der Waals surface area contributed by atoms with Crippen molar-refractivity contribution in [3.63, 3.8) is 0 Å². The van der Waals surface area contributed by atoms with Gasteiger partial charge in [-0.15, -0.1) is 0 Å². The van der Waals surface area contributed by atoms with Crippen LogP contribution in [0.15, 0.2) is 0 Å². The van der Waals surface area contributed by atoms with E-state index in [2.05, 4.69) is 22.1 Å². The topological polar surface area (TPSA) is 59.0 Å². The molecule has 2 aliphatic heterocycles. The highest BCUT2D eigenvalue weighted by Crippen LogP contribution is 2.26. The highest BCUT2D eigenvalue weighted by Gasteiger charge is 2.30. The lowest BCUT2D eigenvalue weighted by Gasteiger charge is -2.24. The molecule has 0 aromatic carbocycles. The number of carbonyl (C=O) groups excluding carboxylic acids is 1. The molecule has 1 fully saturated rings. The average Bonchev–Trinajstić information content (AvgIpc) is 2.78. The van der Waals surface area contributed by atoms with Crippen LogP contribution in [-0.2, 0) is 24.2 Å². The van der Waals surface area contributed by atoms with Crippen molar-refractivity contribution in [3.8, 4) is 0 Å². The third-order valence-electron chi connectivity index (χ3n) is 3.85. The van der Waals surface area contributed by atoms with Crippen LogP contribution in [0.4, 0.5) is 0 Å². The number of rotatable bonds is 2. The van der Waals surface area contributed by atoms with Gasteiger partial charge < -0.3 is 9.88 Å². The van der Waals surface area contributed by atoms with Crippen LogP contribution in [0.25, 0.3) is 0 Å². The maximum absolute atomic E-state index is 12.0. The van der Waals surface area contributed by atoms with Gasteiger partial charge in [-0.2, -0.15) is 0 Å². The Morgan fingerprint density at radius 1 is 1.39 bits per heavy atom. The van der Waals surface area contributed by atoms with E-state index < -0.39 is 0 Å². The van der Waals surface area contributed by atoms with Crippen molar-refractivity contribution in [2.75, 3.05) is 13.1 Å². The summed E-state index contributed by atoms with van der Waals surface area (Å²) in [5, 5.41) is 6.20. The molecule has 0 bridgehead atoms. The summed E-state index contributed by atoms with van der Waals surface area (Å²) in [6, 6.07) is -0.251. The van der Waals surface area contributed by atoms with Crippen LogP contribution >= 0.6 is 0 Å². The minimum absolute atomic E-state index is 0.0652. The van der Waals surface area contributed by atoms with Crippen LogP contribution in [0.5, 0.6) is 0 Å². The van der Waals surface area contributed by atoms with Crippen molar-refractivity contribution in [1.29, 1.82) is 0 Å². The minimum atomic E-state index is -0.251. The lowest BCUT2D eigenvalue weighted by Crippen LogP contribution is -2.47. The lowest BCUT2D eigenvalue weighted by atomic mass is 10.0. The summed E-state index contributed by atoms with van der Waals surface area (Å²) in [4.78, 5) is 16.7. The van der Waals surface area contributed by atoms with Crippen molar-refractivity contribution in [3.05, 3.63) is 17.2 Å². The number of hydrogen-bond donors (Lipinski definition) is 2. The van der Waals surface area contributed by atoms with Crippen molar-refractivity contribution in [1.82, 2.24) is 20.2 Å². The predicted molar refractivity (Wildman–Crippen MR) is 68.3 cm³/mol. The van der Waals surface area contributed by atoms with E-state index in [1.807, 2.05) is 0 Å². The molecular formula is C13H20N4O. The first-order valence-corrected chi connectivity index (χ1v) is 6.90. The molecule has 3 heterocycles. The normalized spacial score (nSPS) is 23.6. The van der Waals surface area contributed by atoms with E-state index in [0.717, 1.165) is 37.4 Å². The van der Waals surface area contributed by atoms with Gasteiger partial charge in [-0.3, -0.25) is 10.1 Å². The smallest absolute Gasteiger partial charge is 0.243 e. The number of carbonyl (C=O) groups is 1. The maximum Gasteiger partial charge on any atom is 0.243 e. The fourth-order valence-electron chi connectivity index (χ4n) is 2.97. The molecular weight excluding hydrogens is 228 g/mol. The molecule has 0 radical (unpaired) electrons. The van der Waals surface area contributed by atoms with Crippen LogP contribution in [0.3, 0.4) is 0 Å². The van der Waals surface area contributed by atoms with Crippen molar-refractivity contribution in [2.45, 2.75) is 45.2 Å². The number of piperazine rings is 1. The molecule has 1 unspecified atom stereocenters. The molecule has 5 nitrogen and oxygen atoms in total. The summed E-state index contributed by atoms with van der Waals surface area (Å²) >= 11 is 0. The van der Waals surface area contributed by atoms with Crippen molar-refractivity contribution < 1.29 is 4.79 Å². The van der Waals surface area contributed by atoms with E-state index in [0.29, 0.717) is 6.54 Å². The van der Waals surface area contributed by atoms with E-state index in [9.17, 15) is 4.79 Å². The first kappa shape index (κ1) is 11.7. The Labute approximate surface area is 107 Å². The molecule has 98 valence electrons. The summed E-state index contributed by atoms with van der Waals surface area (Å²) in [6.07, 6.45) is 4.41. The Bertz CT molecular complexity index is 466. The molecule has 1 atom stereocenters. The standard InChI is InChI=1S/C13H20N4O/c1-2-10-16-11(9-5-3-4-8-17(9)10)12-13(18)15-7-6-14-12/h12,14H,2-8H2,1H3,(H,15,18). The molecule has 1 amide bonds. The second-order valence-electron chi connectivity index (χ2n) is 5.00. The lowest BCUT2D eigenvalue weighted by molar-refractivity contribution is -0.124. The van der Waals surface area contributed by atoms with E-state index in [4.69, 9.17) is 4.98 Å². The van der Waals surface area contributed by atoms with Gasteiger partial charge in [0.05, 0.1) is 5.69 Å². The SMILES string of the molecule is CCc1nc(C2NCCNC2=O)c2n1CCCC2. The summed E-state index contributed by atoms with van der Waals surface area (Å²) < 4.78 is 2.32. The molecule has 3 rings (SSSR count). The molecule has 0 aliphatic carbocycles. The molecule has 1 aromatic heterocycles. The molecule has 2 N–H and O–H groups in total. The number of imidazole rings is 1. The van der Waals surface area contributed by atoms with Gasteiger partial charge in [-0.05, 0) is 19.3 Å². The Hall–Kier alpha value is -1.36. The molecule has 1 saturated heterocycles. The molecule has 18 heavy (non-hydrogen) atoms. The van der Waals surface area contributed by atoms with Gasteiger partial charge in [0.15, 0.2) is 0 Å². The fourth-order valence-corrected chi connectivity index (χ4v) is 2.97. The number of aryl methyl sites for hydroxylation is 1. The Kier molecular flexibility index (Phi) is 3.07. The number of amides is 1. The summed E-state index contributed by atoms with van der Waals surface area (Å²) in [5.74, 6) is 1.19. The average molecular weight is 248 g/mol. The quantitative estimate of drug-likeness (QED) is 0.803. The molecule has 1 aromatic rings. The first-order chi connectivity index (χ1) is 8.81. The Morgan fingerprint density at radius 2 is 2.28 bits per heavy atom. The first-order valence-electron chi connectivity index (χ1n) is 6.90. The number of nitrogens with zero attached hydrogens (tertiary/aromatic N) is 2. The third-order valence-corrected chi connectivity index (χ3v) is 3.85. The fraction of sp³-hybridized carbons (Fsp3) is 0.692. The van der Waals surface area contributed by atoms with E-state index in [1.165, 1.54) is 18.5 Å². The van der Waals surface area contributed by atoms with Crippen LogP contribution in [0, 0.1) is 0 Å². The Morgan fingerprint density at radius 3 is 3.06 bits per heavy atom. The van der Waals surface area contributed by atoms with Crippen LogP contribution in [-0.4, -0.2) is 28.5 Å². The minimum Gasteiger partial charge on any atom is -0.353 e. The van der Waals surface area contributed by atoms with E-state index >= 15 is 0 Å². The second kappa shape index (κ2) is 4.72. The molecule has 5 heteroatoms. The number of fused-ring (bicyclic) bond motifs is 1. The van der Waals surface area contributed by atoms with Crippen LogP contribution in [0.2, 0.25) is 0 Å². The second-order valence-corrected chi connectivity index (χ2v) is 5.00. The monoisotopic (exact) mass is 248 g/mol. The van der Waals surface area contributed by atoms with Gasteiger partial charge in [-0.25, -0.2) is 4.98 Å². The van der Waals surface area contributed by atoms with E-state index in [1.54, 1.807) is 0 Å². The Balaban J connectivity index is 2.00. The van der Waals surface area contributed by atoms with Gasteiger partial charge >= 0.3 is 0 Å². The van der Waals surface area contributed by atoms with Crippen molar-refractivity contribution >= 4 is 5.91 Å². The summed E-state index contributed by atoms with van der Waals surface area (Å²) in [6.45, 7) is 4.72. The highest BCUT2D eigenvalue weighted by molar-refractivity contribution is 5.83.